The molecule has 0 bridgehead atoms. The summed E-state index contributed by atoms with van der Waals surface area (Å²) in [7, 11) is -3.16. The first-order valence-corrected chi connectivity index (χ1v) is 11.7. The zero-order chi connectivity index (χ0) is 22.6. The molecular weight excluding hydrogens is 433 g/mol. The fourth-order valence-corrected chi connectivity index (χ4v) is 3.45. The lowest BCUT2D eigenvalue weighted by atomic mass is 9.93. The number of nitrogens with zero attached hydrogens (tertiary/aromatic N) is 2. The van der Waals surface area contributed by atoms with Crippen LogP contribution >= 0.6 is 0 Å². The minimum atomic E-state index is -4.59. The Hall–Kier alpha value is -2.89. The third-order valence-corrected chi connectivity index (χ3v) is 5.77. The predicted octanol–water partition coefficient (Wildman–Crippen LogP) is 3.66. The number of nitrogens with one attached hydrogen (secondary N) is 4. The van der Waals surface area contributed by atoms with Gasteiger partial charge in [0.15, 0.2) is 0 Å². The molecule has 31 heavy (non-hydrogen) atoms. The lowest BCUT2D eigenvalue weighted by molar-refractivity contribution is -0.137. The lowest BCUT2D eigenvalue weighted by Crippen LogP contribution is -2.29. The van der Waals surface area contributed by atoms with E-state index >= 15 is 0 Å². The van der Waals surface area contributed by atoms with Gasteiger partial charge in [-0.05, 0) is 31.4 Å². The van der Waals surface area contributed by atoms with Gasteiger partial charge >= 0.3 is 6.18 Å². The van der Waals surface area contributed by atoms with Crippen LogP contribution in [-0.2, 0) is 16.0 Å². The van der Waals surface area contributed by atoms with E-state index in [1.807, 2.05) is 0 Å². The SMILES string of the molecule is CS(=O)(=O)CCNc1cccc(Nc2ncc(C(F)(F)F)c(NC3CCC3)n2)c1C=N. The van der Waals surface area contributed by atoms with Gasteiger partial charge in [0.1, 0.15) is 21.2 Å². The van der Waals surface area contributed by atoms with Crippen LogP contribution in [0.5, 0.6) is 0 Å². The standard InChI is InChI=1S/C19H23F3N6O2S/c1-31(29,30)9-8-24-15-6-3-7-16(13(15)10-23)27-18-25-11-14(19(20,21)22)17(28-18)26-12-4-2-5-12/h3,6-7,10-12,23-24H,2,4-5,8-9H2,1H3,(H2,25,26,27,28). The molecule has 1 aromatic heterocycles. The molecular formula is C19H23F3N6O2S. The molecule has 0 radical (unpaired) electrons. The van der Waals surface area contributed by atoms with Crippen LogP contribution in [0.25, 0.3) is 0 Å². The molecule has 0 amide bonds. The monoisotopic (exact) mass is 456 g/mol. The number of anilines is 4. The van der Waals surface area contributed by atoms with Gasteiger partial charge in [0, 0.05) is 42.5 Å². The summed E-state index contributed by atoms with van der Waals surface area (Å²) < 4.78 is 62.6. The summed E-state index contributed by atoms with van der Waals surface area (Å²) in [6.07, 6.45) is 0.844. The van der Waals surface area contributed by atoms with Gasteiger partial charge < -0.3 is 21.4 Å². The van der Waals surface area contributed by atoms with Crippen LogP contribution in [0.4, 0.5) is 36.3 Å². The number of sulfone groups is 1. The molecule has 8 nitrogen and oxygen atoms in total. The van der Waals surface area contributed by atoms with Gasteiger partial charge in [0.2, 0.25) is 5.95 Å². The maximum absolute atomic E-state index is 13.3. The highest BCUT2D eigenvalue weighted by atomic mass is 32.2. The minimum absolute atomic E-state index is 0.0498. The molecule has 1 fully saturated rings. The molecule has 0 spiro atoms. The first-order valence-electron chi connectivity index (χ1n) is 9.59. The Morgan fingerprint density at radius 2 is 1.97 bits per heavy atom. The third-order valence-electron chi connectivity index (χ3n) is 4.83. The average Bonchev–Trinajstić information content (AvgIpc) is 2.63. The summed E-state index contributed by atoms with van der Waals surface area (Å²) in [6, 6.07) is 4.91. The third kappa shape index (κ3) is 6.06. The Morgan fingerprint density at radius 1 is 1.26 bits per heavy atom. The van der Waals surface area contributed by atoms with E-state index in [4.69, 9.17) is 5.41 Å². The number of hydrogen-bond donors (Lipinski definition) is 4. The second kappa shape index (κ2) is 9.08. The van der Waals surface area contributed by atoms with Crippen molar-refractivity contribution in [2.75, 3.05) is 34.5 Å². The molecule has 1 heterocycles. The van der Waals surface area contributed by atoms with Crippen LogP contribution in [0.3, 0.4) is 0 Å². The zero-order valence-corrected chi connectivity index (χ0v) is 17.6. The Labute approximate surface area is 178 Å². The van der Waals surface area contributed by atoms with Crippen LogP contribution in [0, 0.1) is 5.41 Å². The van der Waals surface area contributed by atoms with Gasteiger partial charge in [0.05, 0.1) is 11.4 Å². The average molecular weight is 456 g/mol. The van der Waals surface area contributed by atoms with Crippen LogP contribution in [0.15, 0.2) is 24.4 Å². The largest absolute Gasteiger partial charge is 0.421 e. The van der Waals surface area contributed by atoms with Crippen LogP contribution in [0.1, 0.15) is 30.4 Å². The van der Waals surface area contributed by atoms with Crippen LogP contribution in [-0.4, -0.2) is 49.2 Å². The van der Waals surface area contributed by atoms with Crippen molar-refractivity contribution >= 4 is 39.2 Å². The first-order chi connectivity index (χ1) is 14.6. The van der Waals surface area contributed by atoms with Crippen molar-refractivity contribution in [3.63, 3.8) is 0 Å². The molecule has 0 unspecified atom stereocenters. The Bertz CT molecular complexity index is 1060. The van der Waals surface area contributed by atoms with Crippen molar-refractivity contribution in [2.24, 2.45) is 0 Å². The van der Waals surface area contributed by atoms with Gasteiger partial charge in [-0.15, -0.1) is 0 Å². The Balaban J connectivity index is 1.85. The van der Waals surface area contributed by atoms with Crippen molar-refractivity contribution < 1.29 is 21.6 Å². The Kier molecular flexibility index (Phi) is 6.68. The molecule has 4 N–H and O–H groups in total. The molecule has 3 rings (SSSR count). The normalized spacial score (nSPS) is 14.6. The number of alkyl halides is 3. The van der Waals surface area contributed by atoms with E-state index < -0.39 is 21.6 Å². The molecule has 0 atom stereocenters. The van der Waals surface area contributed by atoms with E-state index in [2.05, 4.69) is 25.9 Å². The number of rotatable bonds is 9. The zero-order valence-electron chi connectivity index (χ0n) is 16.8. The van der Waals surface area contributed by atoms with Crippen molar-refractivity contribution in [2.45, 2.75) is 31.5 Å². The molecule has 1 aliphatic carbocycles. The van der Waals surface area contributed by atoms with Crippen LogP contribution < -0.4 is 16.0 Å². The highest BCUT2D eigenvalue weighted by Crippen LogP contribution is 2.36. The molecule has 12 heteroatoms. The van der Waals surface area contributed by atoms with E-state index in [0.29, 0.717) is 16.9 Å². The van der Waals surface area contributed by atoms with Gasteiger partial charge in [-0.2, -0.15) is 18.2 Å². The van der Waals surface area contributed by atoms with E-state index in [1.54, 1.807) is 18.2 Å². The number of halogens is 3. The highest BCUT2D eigenvalue weighted by Gasteiger charge is 2.36. The second-order valence-corrected chi connectivity index (χ2v) is 9.58. The van der Waals surface area contributed by atoms with Crippen molar-refractivity contribution in [3.05, 3.63) is 35.5 Å². The van der Waals surface area contributed by atoms with Crippen molar-refractivity contribution in [3.8, 4) is 0 Å². The maximum Gasteiger partial charge on any atom is 0.421 e. The molecule has 1 saturated carbocycles. The second-order valence-electron chi connectivity index (χ2n) is 7.32. The maximum atomic E-state index is 13.3. The van der Waals surface area contributed by atoms with Gasteiger partial charge in [-0.25, -0.2) is 13.4 Å². The highest BCUT2D eigenvalue weighted by molar-refractivity contribution is 7.90. The fraction of sp³-hybridized carbons (Fsp3) is 0.421. The molecule has 2 aromatic rings. The molecule has 0 aliphatic heterocycles. The number of hydrogen-bond acceptors (Lipinski definition) is 8. The number of aromatic nitrogens is 2. The quantitative estimate of drug-likeness (QED) is 0.425. The number of benzene rings is 1. The summed E-state index contributed by atoms with van der Waals surface area (Å²) >= 11 is 0. The van der Waals surface area contributed by atoms with E-state index in [1.165, 1.54) is 0 Å². The summed E-state index contributed by atoms with van der Waals surface area (Å²) in [4.78, 5) is 7.82. The lowest BCUT2D eigenvalue weighted by Gasteiger charge is -2.28. The summed E-state index contributed by atoms with van der Waals surface area (Å²) in [6.45, 7) is 0.148. The molecule has 1 aromatic carbocycles. The van der Waals surface area contributed by atoms with E-state index in [-0.39, 0.29) is 30.1 Å². The smallest absolute Gasteiger partial charge is 0.383 e. The fourth-order valence-electron chi connectivity index (χ4n) is 2.98. The van der Waals surface area contributed by atoms with E-state index in [9.17, 15) is 21.6 Å². The van der Waals surface area contributed by atoms with Gasteiger partial charge in [0.25, 0.3) is 0 Å². The van der Waals surface area contributed by atoms with Crippen molar-refractivity contribution in [1.82, 2.24) is 9.97 Å². The summed E-state index contributed by atoms with van der Waals surface area (Å²) in [5.74, 6) is -0.417. The van der Waals surface area contributed by atoms with Crippen molar-refractivity contribution in [1.29, 1.82) is 5.41 Å². The molecule has 1 aliphatic rings. The van der Waals surface area contributed by atoms with Gasteiger partial charge in [-0.1, -0.05) is 6.07 Å². The predicted molar refractivity (Wildman–Crippen MR) is 114 cm³/mol. The minimum Gasteiger partial charge on any atom is -0.383 e. The molecule has 0 saturated heterocycles. The topological polar surface area (TPSA) is 120 Å². The van der Waals surface area contributed by atoms with Crippen LogP contribution in [0.2, 0.25) is 0 Å². The summed E-state index contributed by atoms with van der Waals surface area (Å²) in [5.41, 5.74) is 0.360. The van der Waals surface area contributed by atoms with Gasteiger partial charge in [-0.3, -0.25) is 0 Å². The first kappa shape index (κ1) is 22.8. The summed E-state index contributed by atoms with van der Waals surface area (Å²) in [5, 5.41) is 16.4. The Morgan fingerprint density at radius 3 is 2.55 bits per heavy atom. The van der Waals surface area contributed by atoms with E-state index in [0.717, 1.165) is 37.9 Å². The molecule has 168 valence electrons.